The van der Waals surface area contributed by atoms with Crippen LogP contribution in [-0.4, -0.2) is 37.0 Å². The van der Waals surface area contributed by atoms with Crippen molar-refractivity contribution in [2.75, 3.05) is 27.2 Å². The highest BCUT2D eigenvalue weighted by Gasteiger charge is 2.02. The van der Waals surface area contributed by atoms with Gasteiger partial charge in [0.2, 0.25) is 0 Å². The van der Waals surface area contributed by atoms with E-state index in [9.17, 15) is 0 Å². The zero-order valence-electron chi connectivity index (χ0n) is 13.9. The molecule has 0 atom stereocenters. The van der Waals surface area contributed by atoms with Gasteiger partial charge in [-0.25, -0.2) is 0 Å². The highest BCUT2D eigenvalue weighted by molar-refractivity contribution is 5.22. The fourth-order valence-corrected chi connectivity index (χ4v) is 2.39. The van der Waals surface area contributed by atoms with Crippen molar-refractivity contribution in [2.45, 2.75) is 52.6 Å². The van der Waals surface area contributed by atoms with Crippen LogP contribution >= 0.6 is 0 Å². The molecule has 20 heavy (non-hydrogen) atoms. The molecule has 1 aromatic rings. The summed E-state index contributed by atoms with van der Waals surface area (Å²) >= 11 is 0. The predicted molar refractivity (Wildman–Crippen MR) is 88.9 cm³/mol. The monoisotopic (exact) mass is 276 g/mol. The molecular formula is C18H32N2. The minimum absolute atomic E-state index is 1.06. The van der Waals surface area contributed by atoms with E-state index in [4.69, 9.17) is 0 Å². The minimum Gasteiger partial charge on any atom is -0.302 e. The maximum Gasteiger partial charge on any atom is 0.0230 e. The van der Waals surface area contributed by atoms with E-state index in [2.05, 4.69) is 62.0 Å². The van der Waals surface area contributed by atoms with Crippen molar-refractivity contribution in [3.8, 4) is 0 Å². The first-order valence-electron chi connectivity index (χ1n) is 8.10. The highest BCUT2D eigenvalue weighted by atomic mass is 15.1. The van der Waals surface area contributed by atoms with Gasteiger partial charge >= 0.3 is 0 Å². The highest BCUT2D eigenvalue weighted by Crippen LogP contribution is 2.09. The molecule has 0 unspecified atom stereocenters. The summed E-state index contributed by atoms with van der Waals surface area (Å²) in [5, 5.41) is 0. The second kappa shape index (κ2) is 9.95. The van der Waals surface area contributed by atoms with Gasteiger partial charge in [-0.1, -0.05) is 51.0 Å². The average molecular weight is 276 g/mol. The lowest BCUT2D eigenvalue weighted by atomic mass is 10.1. The van der Waals surface area contributed by atoms with Crippen molar-refractivity contribution >= 4 is 0 Å². The van der Waals surface area contributed by atoms with E-state index >= 15 is 0 Å². The largest absolute Gasteiger partial charge is 0.302 e. The number of hydrogen-bond acceptors (Lipinski definition) is 2. The summed E-state index contributed by atoms with van der Waals surface area (Å²) in [7, 11) is 4.42. The molecule has 0 aliphatic carbocycles. The van der Waals surface area contributed by atoms with Crippen LogP contribution in [0.3, 0.4) is 0 Å². The lowest BCUT2D eigenvalue weighted by Crippen LogP contribution is -2.20. The fraction of sp³-hybridized carbons (Fsp3) is 0.667. The first-order chi connectivity index (χ1) is 9.65. The number of rotatable bonds is 10. The predicted octanol–water partition coefficient (Wildman–Crippen LogP) is 4.15. The van der Waals surface area contributed by atoms with Crippen LogP contribution in [-0.2, 0) is 13.1 Å². The zero-order chi connectivity index (χ0) is 14.8. The molecular weight excluding hydrogens is 244 g/mol. The standard InChI is InChI=1S/C18H32N2/c1-5-7-13-19(3)15-17-9-11-18(12-10-17)16-20(4)14-8-6-2/h9-12H,5-8,13-16H2,1-4H3. The summed E-state index contributed by atoms with van der Waals surface area (Å²) in [5.74, 6) is 0. The number of unbranched alkanes of at least 4 members (excludes halogenated alkanes) is 2. The van der Waals surface area contributed by atoms with Crippen molar-refractivity contribution in [3.05, 3.63) is 35.4 Å². The number of nitrogens with zero attached hydrogens (tertiary/aromatic N) is 2. The topological polar surface area (TPSA) is 6.48 Å². The molecule has 2 nitrogen and oxygen atoms in total. The third-order valence-electron chi connectivity index (χ3n) is 3.71. The minimum atomic E-state index is 1.06. The van der Waals surface area contributed by atoms with Crippen LogP contribution in [0.2, 0.25) is 0 Å². The van der Waals surface area contributed by atoms with Crippen molar-refractivity contribution in [3.63, 3.8) is 0 Å². The van der Waals surface area contributed by atoms with Crippen LogP contribution in [0.15, 0.2) is 24.3 Å². The van der Waals surface area contributed by atoms with E-state index in [0.29, 0.717) is 0 Å². The van der Waals surface area contributed by atoms with E-state index in [1.54, 1.807) is 0 Å². The molecule has 0 spiro atoms. The van der Waals surface area contributed by atoms with Crippen molar-refractivity contribution in [2.24, 2.45) is 0 Å². The third-order valence-corrected chi connectivity index (χ3v) is 3.71. The summed E-state index contributed by atoms with van der Waals surface area (Å²) in [6.45, 7) is 9.00. The molecule has 2 heteroatoms. The molecule has 0 fully saturated rings. The Labute approximate surface area is 125 Å². The first kappa shape index (κ1) is 17.2. The summed E-state index contributed by atoms with van der Waals surface area (Å²) in [6.07, 6.45) is 5.12. The second-order valence-electron chi connectivity index (χ2n) is 6.00. The van der Waals surface area contributed by atoms with Crippen LogP contribution in [0.1, 0.15) is 50.7 Å². The molecule has 0 heterocycles. The molecule has 0 amide bonds. The Balaban J connectivity index is 2.39. The Morgan fingerprint density at radius 1 is 0.700 bits per heavy atom. The Bertz CT molecular complexity index is 310. The van der Waals surface area contributed by atoms with E-state index in [1.807, 2.05) is 0 Å². The van der Waals surface area contributed by atoms with Crippen LogP contribution in [0.4, 0.5) is 0 Å². The normalized spacial score (nSPS) is 11.5. The van der Waals surface area contributed by atoms with Gasteiger partial charge in [-0.15, -0.1) is 0 Å². The molecule has 0 N–H and O–H groups in total. The molecule has 0 bridgehead atoms. The van der Waals surface area contributed by atoms with Crippen molar-refractivity contribution in [1.82, 2.24) is 9.80 Å². The van der Waals surface area contributed by atoms with Gasteiger partial charge in [0, 0.05) is 13.1 Å². The van der Waals surface area contributed by atoms with Gasteiger partial charge in [-0.05, 0) is 51.2 Å². The molecule has 0 saturated carbocycles. The zero-order valence-corrected chi connectivity index (χ0v) is 13.9. The first-order valence-corrected chi connectivity index (χ1v) is 8.10. The van der Waals surface area contributed by atoms with Gasteiger partial charge in [0.05, 0.1) is 0 Å². The van der Waals surface area contributed by atoms with Crippen LogP contribution in [0.25, 0.3) is 0 Å². The van der Waals surface area contributed by atoms with Crippen LogP contribution < -0.4 is 0 Å². The Kier molecular flexibility index (Phi) is 8.56. The van der Waals surface area contributed by atoms with E-state index in [0.717, 1.165) is 13.1 Å². The van der Waals surface area contributed by atoms with Crippen molar-refractivity contribution < 1.29 is 0 Å². The van der Waals surface area contributed by atoms with Gasteiger partial charge in [0.25, 0.3) is 0 Å². The Morgan fingerprint density at radius 3 is 1.35 bits per heavy atom. The Morgan fingerprint density at radius 2 is 1.05 bits per heavy atom. The molecule has 0 aromatic heterocycles. The Hall–Kier alpha value is -0.860. The van der Waals surface area contributed by atoms with Gasteiger partial charge in [0.15, 0.2) is 0 Å². The molecule has 114 valence electrons. The number of hydrogen-bond donors (Lipinski definition) is 0. The maximum atomic E-state index is 2.41. The number of benzene rings is 1. The van der Waals surface area contributed by atoms with Gasteiger partial charge < -0.3 is 9.80 Å². The van der Waals surface area contributed by atoms with Gasteiger partial charge in [-0.2, -0.15) is 0 Å². The quantitative estimate of drug-likeness (QED) is 0.633. The maximum absolute atomic E-state index is 2.41. The second-order valence-corrected chi connectivity index (χ2v) is 6.00. The molecule has 1 aromatic carbocycles. The van der Waals surface area contributed by atoms with Crippen molar-refractivity contribution in [1.29, 1.82) is 0 Å². The molecule has 1 rings (SSSR count). The van der Waals surface area contributed by atoms with E-state index < -0.39 is 0 Å². The summed E-state index contributed by atoms with van der Waals surface area (Å²) in [5.41, 5.74) is 2.84. The van der Waals surface area contributed by atoms with E-state index in [-0.39, 0.29) is 0 Å². The average Bonchev–Trinajstić information content (AvgIpc) is 2.45. The molecule has 0 aliphatic rings. The summed E-state index contributed by atoms with van der Waals surface area (Å²) in [4.78, 5) is 4.82. The third kappa shape index (κ3) is 7.06. The summed E-state index contributed by atoms with van der Waals surface area (Å²) < 4.78 is 0. The lowest BCUT2D eigenvalue weighted by molar-refractivity contribution is 0.318. The van der Waals surface area contributed by atoms with Gasteiger partial charge in [-0.3, -0.25) is 0 Å². The smallest absolute Gasteiger partial charge is 0.0230 e. The van der Waals surface area contributed by atoms with Gasteiger partial charge in [0.1, 0.15) is 0 Å². The van der Waals surface area contributed by atoms with E-state index in [1.165, 1.54) is 49.9 Å². The molecule has 0 radical (unpaired) electrons. The molecule has 0 saturated heterocycles. The molecule has 0 aliphatic heterocycles. The van der Waals surface area contributed by atoms with Crippen LogP contribution in [0.5, 0.6) is 0 Å². The summed E-state index contributed by atoms with van der Waals surface area (Å²) in [6, 6.07) is 9.13. The fourth-order valence-electron chi connectivity index (χ4n) is 2.39. The van der Waals surface area contributed by atoms with Crippen LogP contribution in [0, 0.1) is 0 Å². The lowest BCUT2D eigenvalue weighted by Gasteiger charge is -2.18. The SMILES string of the molecule is CCCCN(C)Cc1ccc(CN(C)CCCC)cc1.